The summed E-state index contributed by atoms with van der Waals surface area (Å²) < 4.78 is 16.6. The lowest BCUT2D eigenvalue weighted by molar-refractivity contribution is -0.116. The molecule has 30 heavy (non-hydrogen) atoms. The summed E-state index contributed by atoms with van der Waals surface area (Å²) >= 11 is 1.72. The Hall–Kier alpha value is -2.35. The molecule has 1 aromatic heterocycles. The Bertz CT molecular complexity index is 817. The molecule has 162 valence electrons. The molecule has 2 heterocycles. The number of thiophene rings is 1. The molecule has 1 N–H and O–H groups in total. The fourth-order valence-corrected chi connectivity index (χ4v) is 4.19. The van der Waals surface area contributed by atoms with Crippen LogP contribution >= 0.6 is 11.3 Å². The first-order chi connectivity index (χ1) is 14.7. The Balaban J connectivity index is 1.59. The maximum Gasteiger partial charge on any atom is 0.244 e. The van der Waals surface area contributed by atoms with E-state index in [0.29, 0.717) is 24.7 Å². The van der Waals surface area contributed by atoms with E-state index in [1.54, 1.807) is 30.6 Å². The van der Waals surface area contributed by atoms with Crippen LogP contribution in [0.1, 0.15) is 29.8 Å². The van der Waals surface area contributed by atoms with Crippen LogP contribution in [0.4, 0.5) is 0 Å². The maximum absolute atomic E-state index is 12.4. The van der Waals surface area contributed by atoms with Gasteiger partial charge < -0.3 is 19.5 Å². The lowest BCUT2D eigenvalue weighted by Gasteiger charge is -2.34. The molecule has 2 aromatic rings. The highest BCUT2D eigenvalue weighted by molar-refractivity contribution is 7.10. The van der Waals surface area contributed by atoms with Crippen molar-refractivity contribution >= 4 is 23.3 Å². The molecule has 0 radical (unpaired) electrons. The second-order valence-corrected chi connectivity index (χ2v) is 8.00. The molecule has 1 amide bonds. The van der Waals surface area contributed by atoms with Crippen LogP contribution in [0.2, 0.25) is 0 Å². The van der Waals surface area contributed by atoms with Crippen LogP contribution in [0.15, 0.2) is 41.8 Å². The summed E-state index contributed by atoms with van der Waals surface area (Å²) in [6.45, 7) is 6.48. The van der Waals surface area contributed by atoms with Crippen LogP contribution in [0.3, 0.4) is 0 Å². The highest BCUT2D eigenvalue weighted by Gasteiger charge is 2.23. The van der Waals surface area contributed by atoms with Crippen molar-refractivity contribution in [3.63, 3.8) is 0 Å². The summed E-state index contributed by atoms with van der Waals surface area (Å²) in [7, 11) is 1.62. The van der Waals surface area contributed by atoms with Gasteiger partial charge in [0.25, 0.3) is 0 Å². The van der Waals surface area contributed by atoms with Gasteiger partial charge in [-0.25, -0.2) is 0 Å². The Morgan fingerprint density at radius 2 is 2.13 bits per heavy atom. The summed E-state index contributed by atoms with van der Waals surface area (Å²) in [6.07, 6.45) is 4.28. The van der Waals surface area contributed by atoms with Crippen LogP contribution in [0.5, 0.6) is 11.5 Å². The quantitative estimate of drug-likeness (QED) is 0.582. The molecule has 1 atom stereocenters. The predicted octanol–water partition coefficient (Wildman–Crippen LogP) is 3.75. The minimum absolute atomic E-state index is 0.116. The van der Waals surface area contributed by atoms with E-state index >= 15 is 0 Å². The molecule has 1 aliphatic heterocycles. The number of methoxy groups -OCH3 is 1. The van der Waals surface area contributed by atoms with Gasteiger partial charge in [-0.15, -0.1) is 11.3 Å². The minimum atomic E-state index is -0.116. The van der Waals surface area contributed by atoms with Crippen LogP contribution < -0.4 is 14.8 Å². The van der Waals surface area contributed by atoms with Gasteiger partial charge in [0.05, 0.1) is 33.0 Å². The molecular weight excluding hydrogens is 400 g/mol. The third-order valence-electron chi connectivity index (χ3n) is 4.90. The first kappa shape index (κ1) is 22.3. The Kier molecular flexibility index (Phi) is 8.74. The molecule has 1 fully saturated rings. The number of hydrogen-bond acceptors (Lipinski definition) is 6. The first-order valence-corrected chi connectivity index (χ1v) is 11.2. The summed E-state index contributed by atoms with van der Waals surface area (Å²) in [4.78, 5) is 16.1. The molecule has 0 aliphatic carbocycles. The number of morpholine rings is 1. The van der Waals surface area contributed by atoms with Crippen LogP contribution in [-0.4, -0.2) is 57.4 Å². The van der Waals surface area contributed by atoms with Gasteiger partial charge in [-0.05, 0) is 41.6 Å². The Morgan fingerprint density at radius 3 is 2.83 bits per heavy atom. The summed E-state index contributed by atoms with van der Waals surface area (Å²) in [5.74, 6) is 1.26. The molecule has 1 unspecified atom stereocenters. The number of carbonyl (C=O) groups is 1. The molecule has 1 saturated heterocycles. The number of carbonyl (C=O) groups excluding carboxylic acids is 1. The van der Waals surface area contributed by atoms with Gasteiger partial charge in [-0.2, -0.15) is 0 Å². The van der Waals surface area contributed by atoms with Gasteiger partial charge in [-0.3, -0.25) is 9.69 Å². The number of nitrogens with zero attached hydrogens (tertiary/aromatic N) is 1. The molecule has 0 saturated carbocycles. The zero-order chi connectivity index (χ0) is 21.2. The smallest absolute Gasteiger partial charge is 0.244 e. The highest BCUT2D eigenvalue weighted by Crippen LogP contribution is 2.29. The predicted molar refractivity (Wildman–Crippen MR) is 120 cm³/mol. The number of ether oxygens (including phenoxy) is 3. The fourth-order valence-electron chi connectivity index (χ4n) is 3.33. The van der Waals surface area contributed by atoms with E-state index in [9.17, 15) is 4.79 Å². The van der Waals surface area contributed by atoms with Crippen molar-refractivity contribution in [3.05, 3.63) is 52.2 Å². The lowest BCUT2D eigenvalue weighted by Crippen LogP contribution is -2.43. The summed E-state index contributed by atoms with van der Waals surface area (Å²) in [6, 6.07) is 10.0. The molecule has 1 aliphatic rings. The van der Waals surface area contributed by atoms with Gasteiger partial charge >= 0.3 is 0 Å². The third kappa shape index (κ3) is 6.32. The van der Waals surface area contributed by atoms with Crippen molar-refractivity contribution in [2.24, 2.45) is 0 Å². The Morgan fingerprint density at radius 1 is 1.30 bits per heavy atom. The Labute approximate surface area is 182 Å². The van der Waals surface area contributed by atoms with Crippen LogP contribution in [0, 0.1) is 0 Å². The number of hydrogen-bond donors (Lipinski definition) is 1. The van der Waals surface area contributed by atoms with Gasteiger partial charge in [-0.1, -0.05) is 19.1 Å². The molecule has 3 rings (SSSR count). The summed E-state index contributed by atoms with van der Waals surface area (Å²) in [5, 5.41) is 5.12. The van der Waals surface area contributed by atoms with Gasteiger partial charge in [0.2, 0.25) is 5.91 Å². The topological polar surface area (TPSA) is 60.0 Å². The SMILES string of the molecule is CCCOc1ccc(/C=C/C(=O)NCC(c2cccs2)N2CCOCC2)cc1OC. The monoisotopic (exact) mass is 430 g/mol. The fraction of sp³-hybridized carbons (Fsp3) is 0.435. The zero-order valence-electron chi connectivity index (χ0n) is 17.6. The van der Waals surface area contributed by atoms with Crippen molar-refractivity contribution < 1.29 is 19.0 Å². The largest absolute Gasteiger partial charge is 0.493 e. The maximum atomic E-state index is 12.4. The van der Waals surface area contributed by atoms with Gasteiger partial charge in [0.1, 0.15) is 0 Å². The second kappa shape index (κ2) is 11.7. The molecule has 0 spiro atoms. The van der Waals surface area contributed by atoms with Crippen LogP contribution in [-0.2, 0) is 9.53 Å². The zero-order valence-corrected chi connectivity index (χ0v) is 18.5. The standard InChI is InChI=1S/C23H30N2O4S/c1-3-12-29-20-8-6-18(16-21(20)27-2)7-9-23(26)24-17-19(22-5-4-15-30-22)25-10-13-28-14-11-25/h4-9,15-16,19H,3,10-14,17H2,1-2H3,(H,24,26)/b9-7+. The lowest BCUT2D eigenvalue weighted by atomic mass is 10.1. The van der Waals surface area contributed by atoms with Crippen LogP contribution in [0.25, 0.3) is 6.08 Å². The molecule has 6 nitrogen and oxygen atoms in total. The number of amides is 1. The average molecular weight is 431 g/mol. The van der Waals surface area contributed by atoms with Gasteiger partial charge in [0.15, 0.2) is 11.5 Å². The van der Waals surface area contributed by atoms with E-state index in [1.165, 1.54) is 4.88 Å². The van der Waals surface area contributed by atoms with Crippen molar-refractivity contribution in [2.45, 2.75) is 19.4 Å². The molecule has 7 heteroatoms. The number of benzene rings is 1. The third-order valence-corrected chi connectivity index (χ3v) is 5.88. The van der Waals surface area contributed by atoms with Crippen molar-refractivity contribution in [1.82, 2.24) is 10.2 Å². The second-order valence-electron chi connectivity index (χ2n) is 7.02. The van der Waals surface area contributed by atoms with E-state index < -0.39 is 0 Å². The van der Waals surface area contributed by atoms with Crippen molar-refractivity contribution in [1.29, 1.82) is 0 Å². The highest BCUT2D eigenvalue weighted by atomic mass is 32.1. The minimum Gasteiger partial charge on any atom is -0.493 e. The van der Waals surface area contributed by atoms with Gasteiger partial charge in [0, 0.05) is 30.6 Å². The number of nitrogens with one attached hydrogen (secondary N) is 1. The molecule has 0 bridgehead atoms. The first-order valence-electron chi connectivity index (χ1n) is 10.3. The van der Waals surface area contributed by atoms with E-state index in [-0.39, 0.29) is 11.9 Å². The van der Waals surface area contributed by atoms with E-state index in [2.05, 4.69) is 34.7 Å². The molecule has 1 aromatic carbocycles. The normalized spacial score (nSPS) is 15.8. The molecular formula is C23H30N2O4S. The van der Waals surface area contributed by atoms with E-state index in [1.807, 2.05) is 18.2 Å². The summed E-state index contributed by atoms with van der Waals surface area (Å²) in [5.41, 5.74) is 0.883. The number of rotatable bonds is 10. The van der Waals surface area contributed by atoms with Crippen molar-refractivity contribution in [3.8, 4) is 11.5 Å². The van der Waals surface area contributed by atoms with E-state index in [4.69, 9.17) is 14.2 Å². The average Bonchev–Trinajstić information content (AvgIpc) is 3.32. The van der Waals surface area contributed by atoms with E-state index in [0.717, 1.165) is 38.3 Å². The van der Waals surface area contributed by atoms with Crippen molar-refractivity contribution in [2.75, 3.05) is 46.6 Å².